The van der Waals surface area contributed by atoms with Crippen molar-refractivity contribution in [2.24, 2.45) is 0 Å². The van der Waals surface area contributed by atoms with Crippen molar-refractivity contribution in [1.82, 2.24) is 0 Å². The van der Waals surface area contributed by atoms with Crippen molar-refractivity contribution in [2.75, 3.05) is 5.32 Å². The molecule has 0 heterocycles. The van der Waals surface area contributed by atoms with Crippen LogP contribution in [0.2, 0.25) is 5.02 Å². The number of hydrogen-bond donors (Lipinski definition) is 2. The molecule has 1 aromatic rings. The number of carboxylic acid groups (broad SMARTS) is 1. The number of carbonyl (C=O) groups is 1. The summed E-state index contributed by atoms with van der Waals surface area (Å²) in [6.07, 6.45) is -3.02. The number of alkyl halides is 3. The minimum Gasteiger partial charge on any atom is -0.478 e. The van der Waals surface area contributed by atoms with E-state index in [2.05, 4.69) is 5.32 Å². The fourth-order valence-corrected chi connectivity index (χ4v) is 1.33. The van der Waals surface area contributed by atoms with E-state index in [1.807, 2.05) is 0 Å². The van der Waals surface area contributed by atoms with Gasteiger partial charge in [0.05, 0.1) is 16.3 Å². The highest BCUT2D eigenvalue weighted by Crippen LogP contribution is 2.38. The van der Waals surface area contributed by atoms with Gasteiger partial charge in [-0.25, -0.2) is 4.79 Å². The van der Waals surface area contributed by atoms with Gasteiger partial charge in [-0.05, 0) is 12.1 Å². The summed E-state index contributed by atoms with van der Waals surface area (Å²) in [4.78, 5) is 10.2. The molecule has 3 nitrogen and oxygen atoms in total. The van der Waals surface area contributed by atoms with Gasteiger partial charge in [0.1, 0.15) is 0 Å². The Kier molecular flexibility index (Phi) is 4.01. The standard InChI is InChI=1S/C10H7ClF3NO2/c11-7-3-1-2-6(10(12,13)14)9(7)15-5-4-8(16)17/h1-5,15H,(H,16,17)/b5-4+. The number of aliphatic carboxylic acids is 1. The third-order valence-corrected chi connectivity index (χ3v) is 2.09. The van der Waals surface area contributed by atoms with E-state index in [0.29, 0.717) is 6.08 Å². The lowest BCUT2D eigenvalue weighted by atomic mass is 10.1. The average Bonchev–Trinajstić information content (AvgIpc) is 2.18. The van der Waals surface area contributed by atoms with Crippen molar-refractivity contribution in [1.29, 1.82) is 0 Å². The predicted octanol–water partition coefficient (Wildman–Crippen LogP) is 3.37. The van der Waals surface area contributed by atoms with Crippen molar-refractivity contribution in [2.45, 2.75) is 6.18 Å². The number of rotatable bonds is 3. The van der Waals surface area contributed by atoms with Crippen LogP contribution in [0.4, 0.5) is 18.9 Å². The van der Waals surface area contributed by atoms with Gasteiger partial charge in [-0.1, -0.05) is 17.7 Å². The number of anilines is 1. The molecule has 0 aromatic heterocycles. The van der Waals surface area contributed by atoms with Crippen LogP contribution in [0.1, 0.15) is 5.56 Å². The maximum Gasteiger partial charge on any atom is 0.418 e. The van der Waals surface area contributed by atoms with Crippen LogP contribution < -0.4 is 5.32 Å². The molecule has 0 saturated heterocycles. The molecule has 1 aromatic carbocycles. The highest BCUT2D eigenvalue weighted by molar-refractivity contribution is 6.33. The predicted molar refractivity (Wildman–Crippen MR) is 56.9 cm³/mol. The fourth-order valence-electron chi connectivity index (χ4n) is 1.10. The van der Waals surface area contributed by atoms with Crippen molar-refractivity contribution in [3.05, 3.63) is 41.1 Å². The van der Waals surface area contributed by atoms with Crippen LogP contribution in [0.15, 0.2) is 30.5 Å². The highest BCUT2D eigenvalue weighted by Gasteiger charge is 2.34. The van der Waals surface area contributed by atoms with Crippen LogP contribution in [0, 0.1) is 0 Å². The molecule has 0 amide bonds. The molecule has 0 aliphatic carbocycles. The molecule has 92 valence electrons. The molecule has 1 rings (SSSR count). The van der Waals surface area contributed by atoms with Crippen LogP contribution in [0.25, 0.3) is 0 Å². The second kappa shape index (κ2) is 5.09. The Hall–Kier alpha value is -1.69. The van der Waals surface area contributed by atoms with E-state index in [0.717, 1.165) is 18.3 Å². The summed E-state index contributed by atoms with van der Waals surface area (Å²) < 4.78 is 37.7. The number of para-hydroxylation sites is 1. The topological polar surface area (TPSA) is 49.3 Å². The second-order valence-electron chi connectivity index (χ2n) is 2.98. The quantitative estimate of drug-likeness (QED) is 0.824. The summed E-state index contributed by atoms with van der Waals surface area (Å²) in [6, 6.07) is 3.29. The van der Waals surface area contributed by atoms with E-state index >= 15 is 0 Å². The first-order valence-electron chi connectivity index (χ1n) is 4.34. The molecular formula is C10H7ClF3NO2. The number of carboxylic acids is 1. The van der Waals surface area contributed by atoms with Crippen LogP contribution in [-0.4, -0.2) is 11.1 Å². The van der Waals surface area contributed by atoms with E-state index in [-0.39, 0.29) is 10.7 Å². The summed E-state index contributed by atoms with van der Waals surface area (Å²) >= 11 is 5.61. The Morgan fingerprint density at radius 2 is 2.06 bits per heavy atom. The third-order valence-electron chi connectivity index (χ3n) is 1.77. The first kappa shape index (κ1) is 13.4. The summed E-state index contributed by atoms with van der Waals surface area (Å²) in [7, 11) is 0. The Morgan fingerprint density at radius 1 is 1.41 bits per heavy atom. The molecule has 0 atom stereocenters. The minimum atomic E-state index is -4.57. The van der Waals surface area contributed by atoms with E-state index in [1.165, 1.54) is 6.07 Å². The number of benzene rings is 1. The lowest BCUT2D eigenvalue weighted by molar-refractivity contribution is -0.137. The molecule has 0 saturated carbocycles. The second-order valence-corrected chi connectivity index (χ2v) is 3.38. The molecule has 0 unspecified atom stereocenters. The van der Waals surface area contributed by atoms with Gasteiger partial charge in [0, 0.05) is 12.3 Å². The smallest absolute Gasteiger partial charge is 0.418 e. The zero-order valence-corrected chi connectivity index (χ0v) is 9.01. The van der Waals surface area contributed by atoms with Gasteiger partial charge >= 0.3 is 12.1 Å². The maximum atomic E-state index is 12.6. The lowest BCUT2D eigenvalue weighted by Gasteiger charge is -2.13. The summed E-state index contributed by atoms with van der Waals surface area (Å²) in [5.74, 6) is -1.28. The monoisotopic (exact) mass is 265 g/mol. The van der Waals surface area contributed by atoms with Crippen LogP contribution in [-0.2, 0) is 11.0 Å². The Bertz CT molecular complexity index is 457. The number of nitrogens with one attached hydrogen (secondary N) is 1. The van der Waals surface area contributed by atoms with Crippen LogP contribution in [0.5, 0.6) is 0 Å². The van der Waals surface area contributed by atoms with Crippen molar-refractivity contribution in [3.63, 3.8) is 0 Å². The first-order valence-corrected chi connectivity index (χ1v) is 4.72. The molecular weight excluding hydrogens is 259 g/mol. The highest BCUT2D eigenvalue weighted by atomic mass is 35.5. The van der Waals surface area contributed by atoms with E-state index < -0.39 is 17.7 Å². The molecule has 0 aliphatic heterocycles. The van der Waals surface area contributed by atoms with Gasteiger partial charge < -0.3 is 10.4 Å². The van der Waals surface area contributed by atoms with E-state index in [9.17, 15) is 18.0 Å². The lowest BCUT2D eigenvalue weighted by Crippen LogP contribution is -2.09. The Morgan fingerprint density at radius 3 is 2.59 bits per heavy atom. The van der Waals surface area contributed by atoms with Gasteiger partial charge in [0.15, 0.2) is 0 Å². The zero-order valence-electron chi connectivity index (χ0n) is 8.25. The average molecular weight is 266 g/mol. The van der Waals surface area contributed by atoms with Gasteiger partial charge in [-0.2, -0.15) is 13.2 Å². The zero-order chi connectivity index (χ0) is 13.1. The largest absolute Gasteiger partial charge is 0.478 e. The number of hydrogen-bond acceptors (Lipinski definition) is 2. The summed E-state index contributed by atoms with van der Waals surface area (Å²) in [5, 5.41) is 10.4. The van der Waals surface area contributed by atoms with Gasteiger partial charge in [0.2, 0.25) is 0 Å². The molecule has 2 N–H and O–H groups in total. The normalized spacial score (nSPS) is 11.8. The third kappa shape index (κ3) is 3.67. The van der Waals surface area contributed by atoms with Crippen molar-refractivity contribution in [3.8, 4) is 0 Å². The van der Waals surface area contributed by atoms with E-state index in [1.54, 1.807) is 0 Å². The Balaban J connectivity index is 3.09. The molecule has 17 heavy (non-hydrogen) atoms. The first-order chi connectivity index (χ1) is 7.82. The van der Waals surface area contributed by atoms with Crippen LogP contribution in [0.3, 0.4) is 0 Å². The maximum absolute atomic E-state index is 12.6. The molecule has 0 bridgehead atoms. The SMILES string of the molecule is O=C(O)/C=C/Nc1c(Cl)cccc1C(F)(F)F. The van der Waals surface area contributed by atoms with E-state index in [4.69, 9.17) is 16.7 Å². The minimum absolute atomic E-state index is 0.144. The molecule has 0 radical (unpaired) electrons. The molecule has 0 fully saturated rings. The molecule has 0 spiro atoms. The molecule has 0 aliphatic rings. The van der Waals surface area contributed by atoms with Crippen molar-refractivity contribution < 1.29 is 23.1 Å². The van der Waals surface area contributed by atoms with Crippen molar-refractivity contribution >= 4 is 23.3 Å². The van der Waals surface area contributed by atoms with Gasteiger partial charge in [0.25, 0.3) is 0 Å². The van der Waals surface area contributed by atoms with Gasteiger partial charge in [-0.15, -0.1) is 0 Å². The summed E-state index contributed by atoms with van der Waals surface area (Å²) in [6.45, 7) is 0. The fraction of sp³-hybridized carbons (Fsp3) is 0.100. The van der Waals surface area contributed by atoms with Gasteiger partial charge in [-0.3, -0.25) is 0 Å². The number of halogens is 4. The summed E-state index contributed by atoms with van der Waals surface area (Å²) in [5.41, 5.74) is -1.33. The molecule has 7 heteroatoms. The van der Waals surface area contributed by atoms with Crippen LogP contribution >= 0.6 is 11.6 Å². The Labute approximate surface area is 99.5 Å².